The number of carbonyl (C=O) groups excluding carboxylic acids is 1. The first kappa shape index (κ1) is 12.0. The Bertz CT molecular complexity index is 222. The molecule has 0 unspecified atom stereocenters. The van der Waals surface area contributed by atoms with Gasteiger partial charge in [-0.1, -0.05) is 32.1 Å². The van der Waals surface area contributed by atoms with Crippen LogP contribution in [0.25, 0.3) is 0 Å². The molecule has 0 aromatic rings. The van der Waals surface area contributed by atoms with Gasteiger partial charge in [-0.25, -0.2) is 4.79 Å². The maximum Gasteiger partial charge on any atom is 0.411 e. The van der Waals surface area contributed by atoms with Gasteiger partial charge in [0.15, 0.2) is 0 Å². The fraction of sp³-hybridized carbons (Fsp3) is 0.818. The molecule has 0 saturated heterocycles. The minimum atomic E-state index is -1.25. The summed E-state index contributed by atoms with van der Waals surface area (Å²) < 4.78 is 0. The lowest BCUT2D eigenvalue weighted by Gasteiger charge is -2.20. The summed E-state index contributed by atoms with van der Waals surface area (Å²) in [5, 5.41) is 10.2. The zero-order valence-corrected chi connectivity index (χ0v) is 9.00. The largest absolute Gasteiger partial charge is 0.465 e. The van der Waals surface area contributed by atoms with Crippen LogP contribution < -0.4 is 5.32 Å². The van der Waals surface area contributed by atoms with Gasteiger partial charge in [-0.2, -0.15) is 0 Å². The van der Waals surface area contributed by atoms with E-state index in [9.17, 15) is 9.59 Å². The number of amides is 2. The molecule has 2 N–H and O–H groups in total. The van der Waals surface area contributed by atoms with Crippen molar-refractivity contribution >= 4 is 12.0 Å². The Morgan fingerprint density at radius 2 is 1.87 bits per heavy atom. The third kappa shape index (κ3) is 5.40. The quantitative estimate of drug-likeness (QED) is 0.754. The fourth-order valence-electron chi connectivity index (χ4n) is 2.21. The summed E-state index contributed by atoms with van der Waals surface area (Å²) in [4.78, 5) is 21.1. The van der Waals surface area contributed by atoms with Crippen LogP contribution >= 0.6 is 0 Å². The van der Waals surface area contributed by atoms with Gasteiger partial charge in [-0.05, 0) is 18.8 Å². The molecule has 1 aliphatic rings. The molecule has 1 saturated carbocycles. The fourth-order valence-corrected chi connectivity index (χ4v) is 2.21. The molecule has 86 valence electrons. The van der Waals surface area contributed by atoms with Gasteiger partial charge in [0.1, 0.15) is 0 Å². The molecule has 4 nitrogen and oxygen atoms in total. The van der Waals surface area contributed by atoms with Gasteiger partial charge in [0.25, 0.3) is 0 Å². The van der Waals surface area contributed by atoms with Crippen LogP contribution in [0.15, 0.2) is 0 Å². The molecule has 0 heterocycles. The lowest BCUT2D eigenvalue weighted by molar-refractivity contribution is -0.120. The van der Waals surface area contributed by atoms with Crippen LogP contribution in [0, 0.1) is 5.92 Å². The Morgan fingerprint density at radius 3 is 2.47 bits per heavy atom. The van der Waals surface area contributed by atoms with Crippen molar-refractivity contribution in [2.75, 3.05) is 0 Å². The van der Waals surface area contributed by atoms with Crippen molar-refractivity contribution in [3.8, 4) is 0 Å². The minimum Gasteiger partial charge on any atom is -0.465 e. The molecule has 0 aromatic carbocycles. The Morgan fingerprint density at radius 1 is 1.20 bits per heavy atom. The average molecular weight is 213 g/mol. The van der Waals surface area contributed by atoms with Crippen LogP contribution in [0.4, 0.5) is 4.79 Å². The van der Waals surface area contributed by atoms with E-state index < -0.39 is 6.09 Å². The van der Waals surface area contributed by atoms with E-state index in [1.807, 2.05) is 5.32 Å². The molecule has 1 aliphatic carbocycles. The van der Waals surface area contributed by atoms with E-state index in [0.717, 1.165) is 18.8 Å². The van der Waals surface area contributed by atoms with Gasteiger partial charge < -0.3 is 5.11 Å². The van der Waals surface area contributed by atoms with Gasteiger partial charge in [0.2, 0.25) is 5.91 Å². The Hall–Kier alpha value is -1.06. The van der Waals surface area contributed by atoms with Gasteiger partial charge in [-0.3, -0.25) is 10.1 Å². The summed E-state index contributed by atoms with van der Waals surface area (Å²) in [5.74, 6) is 0.384. The van der Waals surface area contributed by atoms with Crippen LogP contribution in [0.2, 0.25) is 0 Å². The van der Waals surface area contributed by atoms with Gasteiger partial charge >= 0.3 is 6.09 Å². The van der Waals surface area contributed by atoms with E-state index in [-0.39, 0.29) is 5.91 Å². The molecule has 0 radical (unpaired) electrons. The monoisotopic (exact) mass is 213 g/mol. The molecule has 1 rings (SSSR count). The first-order valence-corrected chi connectivity index (χ1v) is 5.71. The van der Waals surface area contributed by atoms with Crippen molar-refractivity contribution in [2.24, 2.45) is 5.92 Å². The molecule has 0 atom stereocenters. The third-order valence-electron chi connectivity index (χ3n) is 2.99. The van der Waals surface area contributed by atoms with Crippen LogP contribution in [0.1, 0.15) is 51.4 Å². The van der Waals surface area contributed by atoms with Crippen molar-refractivity contribution in [3.05, 3.63) is 0 Å². The lowest BCUT2D eigenvalue weighted by atomic mass is 9.86. The third-order valence-corrected chi connectivity index (χ3v) is 2.99. The summed E-state index contributed by atoms with van der Waals surface area (Å²) in [6.45, 7) is 0. The zero-order chi connectivity index (χ0) is 11.1. The number of carbonyl (C=O) groups is 2. The molecule has 0 bridgehead atoms. The van der Waals surface area contributed by atoms with Crippen LogP contribution in [-0.2, 0) is 4.79 Å². The number of hydrogen-bond donors (Lipinski definition) is 2. The summed E-state index contributed by atoms with van der Waals surface area (Å²) >= 11 is 0. The Kier molecular flexibility index (Phi) is 5.15. The molecule has 0 spiro atoms. The Balaban J connectivity index is 2.04. The first-order valence-electron chi connectivity index (χ1n) is 5.71. The minimum absolute atomic E-state index is 0.336. The number of hydrogen-bond acceptors (Lipinski definition) is 2. The second kappa shape index (κ2) is 6.43. The van der Waals surface area contributed by atoms with Crippen molar-refractivity contribution < 1.29 is 14.7 Å². The van der Waals surface area contributed by atoms with E-state index in [0.29, 0.717) is 6.42 Å². The van der Waals surface area contributed by atoms with Crippen LogP contribution in [0.3, 0.4) is 0 Å². The Labute approximate surface area is 90.0 Å². The number of rotatable bonds is 4. The highest BCUT2D eigenvalue weighted by Gasteiger charge is 2.13. The molecule has 2 amide bonds. The molecular weight excluding hydrogens is 194 g/mol. The van der Waals surface area contributed by atoms with Crippen LogP contribution in [-0.4, -0.2) is 17.1 Å². The molecule has 0 aliphatic heterocycles. The second-order valence-electron chi connectivity index (χ2n) is 4.25. The zero-order valence-electron chi connectivity index (χ0n) is 9.00. The highest BCUT2D eigenvalue weighted by molar-refractivity contribution is 5.90. The predicted molar refractivity (Wildman–Crippen MR) is 56.6 cm³/mol. The smallest absolute Gasteiger partial charge is 0.411 e. The molecular formula is C11H19NO3. The van der Waals surface area contributed by atoms with E-state index in [1.165, 1.54) is 32.1 Å². The lowest BCUT2D eigenvalue weighted by Crippen LogP contribution is -2.28. The normalized spacial score (nSPS) is 17.3. The standard InChI is InChI=1S/C11H19NO3/c13-10(12-11(14)15)8-4-7-9-5-2-1-3-6-9/h9H,1-8H2,(H,12,13)(H,14,15). The van der Waals surface area contributed by atoms with E-state index >= 15 is 0 Å². The maximum absolute atomic E-state index is 11.0. The van der Waals surface area contributed by atoms with Gasteiger partial charge in [0, 0.05) is 6.42 Å². The van der Waals surface area contributed by atoms with Crippen molar-refractivity contribution in [3.63, 3.8) is 0 Å². The first-order chi connectivity index (χ1) is 7.18. The summed E-state index contributed by atoms with van der Waals surface area (Å²) in [6, 6.07) is 0. The topological polar surface area (TPSA) is 66.4 Å². The van der Waals surface area contributed by atoms with E-state index in [1.54, 1.807) is 0 Å². The van der Waals surface area contributed by atoms with Gasteiger partial charge in [0.05, 0.1) is 0 Å². The molecule has 4 heteroatoms. The van der Waals surface area contributed by atoms with Crippen LogP contribution in [0.5, 0.6) is 0 Å². The van der Waals surface area contributed by atoms with Crippen molar-refractivity contribution in [1.29, 1.82) is 0 Å². The van der Waals surface area contributed by atoms with Gasteiger partial charge in [-0.15, -0.1) is 0 Å². The van der Waals surface area contributed by atoms with Crippen molar-refractivity contribution in [2.45, 2.75) is 51.4 Å². The number of imide groups is 1. The second-order valence-corrected chi connectivity index (χ2v) is 4.25. The van der Waals surface area contributed by atoms with E-state index in [4.69, 9.17) is 5.11 Å². The highest BCUT2D eigenvalue weighted by Crippen LogP contribution is 2.27. The summed E-state index contributed by atoms with van der Waals surface area (Å²) in [5.41, 5.74) is 0. The average Bonchev–Trinajstić information content (AvgIpc) is 2.18. The van der Waals surface area contributed by atoms with Crippen molar-refractivity contribution in [1.82, 2.24) is 5.32 Å². The molecule has 0 aromatic heterocycles. The summed E-state index contributed by atoms with van der Waals surface area (Å²) in [6.07, 6.45) is 7.48. The maximum atomic E-state index is 11.0. The van der Waals surface area contributed by atoms with E-state index in [2.05, 4.69) is 0 Å². The molecule has 15 heavy (non-hydrogen) atoms. The highest BCUT2D eigenvalue weighted by atomic mass is 16.4. The SMILES string of the molecule is O=C(O)NC(=O)CCCC1CCCCC1. The number of nitrogens with one attached hydrogen (secondary N) is 1. The predicted octanol–water partition coefficient (Wildman–Crippen LogP) is 2.53. The summed E-state index contributed by atoms with van der Waals surface area (Å²) in [7, 11) is 0. The number of carboxylic acid groups (broad SMARTS) is 1. The molecule has 1 fully saturated rings.